The number of urea groups is 1. The second kappa shape index (κ2) is 5.96. The fourth-order valence-electron chi connectivity index (χ4n) is 4.32. The highest BCUT2D eigenvalue weighted by molar-refractivity contribution is 5.93. The zero-order valence-electron chi connectivity index (χ0n) is 15.0. The van der Waals surface area contributed by atoms with Gasteiger partial charge in [0.1, 0.15) is 12.1 Å². The first kappa shape index (κ1) is 15.6. The molecule has 0 aromatic carbocycles. The van der Waals surface area contributed by atoms with Crippen LogP contribution in [0.25, 0.3) is 0 Å². The minimum absolute atomic E-state index is 0.0501. The largest absolute Gasteiger partial charge is 0.354 e. The van der Waals surface area contributed by atoms with E-state index in [9.17, 15) is 4.79 Å². The summed E-state index contributed by atoms with van der Waals surface area (Å²) in [6, 6.07) is 0.361. The van der Waals surface area contributed by atoms with E-state index in [-0.39, 0.29) is 6.03 Å². The lowest BCUT2D eigenvalue weighted by molar-refractivity contribution is 0.229. The third-order valence-electron chi connectivity index (χ3n) is 5.81. The first-order valence-electron chi connectivity index (χ1n) is 9.35. The molecule has 2 fully saturated rings. The van der Waals surface area contributed by atoms with E-state index in [1.807, 2.05) is 24.1 Å². The molecule has 136 valence electrons. The van der Waals surface area contributed by atoms with E-state index in [1.54, 1.807) is 16.1 Å². The van der Waals surface area contributed by atoms with Gasteiger partial charge < -0.3 is 9.80 Å². The van der Waals surface area contributed by atoms with Crippen LogP contribution < -0.4 is 9.80 Å². The van der Waals surface area contributed by atoms with Crippen LogP contribution in [0.2, 0.25) is 0 Å². The standard InChI is InChI=1S/C18H23N7O/c1-22-7-8-24(18(22)26)14-9-21-25(11-14)13-5-6-23(10-13)17-15-3-2-4-16(15)19-12-20-17/h9,11-13H,2-8,10H2,1H3. The highest BCUT2D eigenvalue weighted by Crippen LogP contribution is 2.33. The Labute approximate surface area is 152 Å². The maximum Gasteiger partial charge on any atom is 0.324 e. The summed E-state index contributed by atoms with van der Waals surface area (Å²) in [5.41, 5.74) is 3.44. The number of hydrogen-bond donors (Lipinski definition) is 0. The van der Waals surface area contributed by atoms with Crippen LogP contribution in [-0.2, 0) is 12.8 Å². The molecule has 8 heteroatoms. The predicted octanol–water partition coefficient (Wildman–Crippen LogP) is 1.48. The molecule has 0 spiro atoms. The summed E-state index contributed by atoms with van der Waals surface area (Å²) in [6.07, 6.45) is 9.89. The molecule has 1 unspecified atom stereocenters. The van der Waals surface area contributed by atoms with Crippen molar-refractivity contribution in [1.29, 1.82) is 0 Å². The van der Waals surface area contributed by atoms with Crippen LogP contribution in [0.3, 0.4) is 0 Å². The van der Waals surface area contributed by atoms with Crippen molar-refractivity contribution >= 4 is 17.5 Å². The van der Waals surface area contributed by atoms with Gasteiger partial charge >= 0.3 is 6.03 Å². The summed E-state index contributed by atoms with van der Waals surface area (Å²) in [5, 5.41) is 4.55. The molecule has 26 heavy (non-hydrogen) atoms. The highest BCUT2D eigenvalue weighted by Gasteiger charge is 2.31. The first-order valence-corrected chi connectivity index (χ1v) is 9.35. The van der Waals surface area contributed by atoms with Crippen molar-refractivity contribution in [2.24, 2.45) is 0 Å². The lowest BCUT2D eigenvalue weighted by Gasteiger charge is -2.20. The number of carbonyl (C=O) groups is 1. The van der Waals surface area contributed by atoms with Gasteiger partial charge in [-0.25, -0.2) is 14.8 Å². The molecule has 8 nitrogen and oxygen atoms in total. The quantitative estimate of drug-likeness (QED) is 0.836. The van der Waals surface area contributed by atoms with Crippen molar-refractivity contribution in [3.63, 3.8) is 0 Å². The fourth-order valence-corrected chi connectivity index (χ4v) is 4.32. The maximum atomic E-state index is 12.2. The van der Waals surface area contributed by atoms with Crippen molar-refractivity contribution in [2.45, 2.75) is 31.7 Å². The monoisotopic (exact) mass is 353 g/mol. The van der Waals surface area contributed by atoms with Gasteiger partial charge in [-0.05, 0) is 25.7 Å². The second-order valence-corrected chi connectivity index (χ2v) is 7.40. The van der Waals surface area contributed by atoms with Crippen molar-refractivity contribution in [3.8, 4) is 0 Å². The van der Waals surface area contributed by atoms with Crippen LogP contribution in [0.5, 0.6) is 0 Å². The van der Waals surface area contributed by atoms with Gasteiger partial charge in [0.15, 0.2) is 0 Å². The Morgan fingerprint density at radius 1 is 1.15 bits per heavy atom. The summed E-state index contributed by atoms with van der Waals surface area (Å²) < 4.78 is 2.02. The number of carbonyl (C=O) groups excluding carboxylic acids is 1. The molecule has 2 aromatic rings. The number of anilines is 2. The molecule has 5 rings (SSSR count). The zero-order chi connectivity index (χ0) is 17.7. The first-order chi connectivity index (χ1) is 12.7. The molecule has 1 aliphatic carbocycles. The van der Waals surface area contributed by atoms with Gasteiger partial charge in [-0.1, -0.05) is 0 Å². The Morgan fingerprint density at radius 3 is 2.92 bits per heavy atom. The summed E-state index contributed by atoms with van der Waals surface area (Å²) in [6.45, 7) is 3.37. The van der Waals surface area contributed by atoms with Crippen molar-refractivity contribution < 1.29 is 4.79 Å². The van der Waals surface area contributed by atoms with Crippen LogP contribution >= 0.6 is 0 Å². The average Bonchev–Trinajstić information content (AvgIpc) is 3.42. The number of likely N-dealkylation sites (N-methyl/N-ethyl adjacent to an activating group) is 1. The van der Waals surface area contributed by atoms with E-state index >= 15 is 0 Å². The Balaban J connectivity index is 1.33. The fraction of sp³-hybridized carbons (Fsp3) is 0.556. The smallest absolute Gasteiger partial charge is 0.324 e. The molecule has 2 saturated heterocycles. The average molecular weight is 353 g/mol. The lowest BCUT2D eigenvalue weighted by Crippen LogP contribution is -2.28. The third-order valence-corrected chi connectivity index (χ3v) is 5.81. The summed E-state index contributed by atoms with van der Waals surface area (Å²) >= 11 is 0. The molecule has 0 N–H and O–H groups in total. The maximum absolute atomic E-state index is 12.2. The normalized spacial score (nSPS) is 22.6. The van der Waals surface area contributed by atoms with Gasteiger partial charge in [0.05, 0.1) is 17.9 Å². The van der Waals surface area contributed by atoms with Gasteiger partial charge in [-0.15, -0.1) is 0 Å². The SMILES string of the molecule is CN1CCN(c2cnn(C3CCN(c4ncnc5c4CCC5)C3)c2)C1=O. The molecule has 0 saturated carbocycles. The number of fused-ring (bicyclic) bond motifs is 1. The van der Waals surface area contributed by atoms with Gasteiger partial charge in [-0.2, -0.15) is 5.10 Å². The van der Waals surface area contributed by atoms with Crippen LogP contribution in [0.4, 0.5) is 16.3 Å². The Kier molecular flexibility index (Phi) is 3.58. The second-order valence-electron chi connectivity index (χ2n) is 7.40. The number of aromatic nitrogens is 4. The number of amides is 2. The molecule has 3 aliphatic rings. The Bertz CT molecular complexity index is 848. The van der Waals surface area contributed by atoms with E-state index in [0.717, 1.165) is 56.9 Å². The molecule has 2 aliphatic heterocycles. The van der Waals surface area contributed by atoms with Crippen molar-refractivity contribution in [1.82, 2.24) is 24.6 Å². The van der Waals surface area contributed by atoms with Crippen molar-refractivity contribution in [2.75, 3.05) is 43.0 Å². The summed E-state index contributed by atoms with van der Waals surface area (Å²) in [4.78, 5) is 27.1. The topological polar surface area (TPSA) is 70.4 Å². The molecule has 0 radical (unpaired) electrons. The molecule has 0 bridgehead atoms. The van der Waals surface area contributed by atoms with E-state index in [0.29, 0.717) is 6.04 Å². The predicted molar refractivity (Wildman–Crippen MR) is 97.5 cm³/mol. The van der Waals surface area contributed by atoms with Gasteiger partial charge in [0.2, 0.25) is 0 Å². The van der Waals surface area contributed by atoms with E-state index in [2.05, 4.69) is 20.0 Å². The highest BCUT2D eigenvalue weighted by atomic mass is 16.2. The molecular weight excluding hydrogens is 330 g/mol. The van der Waals surface area contributed by atoms with Crippen molar-refractivity contribution in [3.05, 3.63) is 30.0 Å². The van der Waals surface area contributed by atoms with E-state index in [1.165, 1.54) is 17.7 Å². The molecular formula is C18H23N7O. The van der Waals surface area contributed by atoms with Crippen LogP contribution in [0.1, 0.15) is 30.1 Å². The van der Waals surface area contributed by atoms with E-state index < -0.39 is 0 Å². The minimum atomic E-state index is 0.0501. The number of nitrogens with zero attached hydrogens (tertiary/aromatic N) is 7. The molecule has 2 aromatic heterocycles. The molecule has 2 amide bonds. The third kappa shape index (κ3) is 2.43. The number of rotatable bonds is 3. The van der Waals surface area contributed by atoms with Gasteiger partial charge in [0, 0.05) is 50.7 Å². The zero-order valence-corrected chi connectivity index (χ0v) is 15.0. The molecule has 1 atom stereocenters. The van der Waals surface area contributed by atoms with E-state index in [4.69, 9.17) is 0 Å². The number of aryl methyl sites for hydroxylation is 1. The van der Waals surface area contributed by atoms with Crippen LogP contribution in [-0.4, -0.2) is 63.9 Å². The van der Waals surface area contributed by atoms with Gasteiger partial charge in [0.25, 0.3) is 0 Å². The van der Waals surface area contributed by atoms with Crippen LogP contribution in [0.15, 0.2) is 18.7 Å². The Morgan fingerprint density at radius 2 is 2.08 bits per heavy atom. The lowest BCUT2D eigenvalue weighted by atomic mass is 10.2. The summed E-state index contributed by atoms with van der Waals surface area (Å²) in [7, 11) is 1.84. The van der Waals surface area contributed by atoms with Crippen LogP contribution in [0, 0.1) is 0 Å². The summed E-state index contributed by atoms with van der Waals surface area (Å²) in [5.74, 6) is 1.11. The number of hydrogen-bond acceptors (Lipinski definition) is 5. The molecule has 4 heterocycles. The minimum Gasteiger partial charge on any atom is -0.354 e. The Hall–Kier alpha value is -2.64. The van der Waals surface area contributed by atoms with Gasteiger partial charge in [-0.3, -0.25) is 9.58 Å².